The molecule has 0 aliphatic heterocycles. The number of hydrogen-bond donors (Lipinski definition) is 3. The van der Waals surface area contributed by atoms with Gasteiger partial charge in [0.1, 0.15) is 17.5 Å². The van der Waals surface area contributed by atoms with Crippen LogP contribution in [0.4, 0.5) is 5.69 Å². The maximum Gasteiger partial charge on any atom is 0.287 e. The van der Waals surface area contributed by atoms with Crippen LogP contribution in [0.5, 0.6) is 0 Å². The maximum atomic E-state index is 12.6. The monoisotopic (exact) mass is 385 g/mol. The SMILES string of the molecule is CNC(=O)[C@H](CC1CCCCC1)NC(=O)c1ccc(-c2ccc([NH2+][O-])cc2)o1. The first-order valence-corrected chi connectivity index (χ1v) is 9.78. The number of rotatable bonds is 7. The van der Waals surface area contributed by atoms with Gasteiger partial charge in [-0.15, -0.1) is 0 Å². The largest absolute Gasteiger partial charge is 0.630 e. The molecule has 1 aliphatic carbocycles. The topological polar surface area (TPSA) is 111 Å². The zero-order valence-corrected chi connectivity index (χ0v) is 16.1. The highest BCUT2D eigenvalue weighted by Gasteiger charge is 2.26. The number of amides is 2. The van der Waals surface area contributed by atoms with Crippen molar-refractivity contribution in [1.82, 2.24) is 10.6 Å². The quantitative estimate of drug-likeness (QED) is 0.502. The fourth-order valence-electron chi connectivity index (χ4n) is 3.73. The second kappa shape index (κ2) is 9.52. The minimum Gasteiger partial charge on any atom is -0.630 e. The summed E-state index contributed by atoms with van der Waals surface area (Å²) in [5.41, 5.74) is 2.12. The number of carbonyl (C=O) groups excluding carboxylic acids is 2. The fourth-order valence-corrected chi connectivity index (χ4v) is 3.73. The predicted molar refractivity (Wildman–Crippen MR) is 106 cm³/mol. The molecule has 1 atom stereocenters. The Bertz CT molecular complexity index is 794. The average Bonchev–Trinajstić information content (AvgIpc) is 3.24. The summed E-state index contributed by atoms with van der Waals surface area (Å²) in [6, 6.07) is 9.65. The second-order valence-corrected chi connectivity index (χ2v) is 7.28. The summed E-state index contributed by atoms with van der Waals surface area (Å²) in [6.45, 7) is 0. The van der Waals surface area contributed by atoms with Gasteiger partial charge in [0.05, 0.1) is 0 Å². The molecule has 150 valence electrons. The van der Waals surface area contributed by atoms with Gasteiger partial charge in [-0.3, -0.25) is 9.59 Å². The molecule has 2 aromatic rings. The Kier molecular flexibility index (Phi) is 6.84. The van der Waals surface area contributed by atoms with Crippen molar-refractivity contribution in [1.29, 1.82) is 0 Å². The van der Waals surface area contributed by atoms with Crippen LogP contribution in [0, 0.1) is 11.1 Å². The highest BCUT2D eigenvalue weighted by Crippen LogP contribution is 2.28. The van der Waals surface area contributed by atoms with Gasteiger partial charge in [0, 0.05) is 12.6 Å². The molecule has 28 heavy (non-hydrogen) atoms. The molecule has 1 aromatic carbocycles. The molecular formula is C21H27N3O4. The fraction of sp³-hybridized carbons (Fsp3) is 0.429. The first-order chi connectivity index (χ1) is 13.6. The van der Waals surface area contributed by atoms with Crippen LogP contribution >= 0.6 is 0 Å². The number of nitrogens with one attached hydrogen (secondary N) is 2. The zero-order chi connectivity index (χ0) is 19.9. The van der Waals surface area contributed by atoms with Crippen molar-refractivity contribution in [3.8, 4) is 11.3 Å². The van der Waals surface area contributed by atoms with Gasteiger partial charge < -0.3 is 25.7 Å². The summed E-state index contributed by atoms with van der Waals surface area (Å²) >= 11 is 0. The van der Waals surface area contributed by atoms with E-state index in [0.29, 0.717) is 23.8 Å². The van der Waals surface area contributed by atoms with E-state index in [9.17, 15) is 14.8 Å². The molecule has 4 N–H and O–H groups in total. The average molecular weight is 385 g/mol. The first-order valence-electron chi connectivity index (χ1n) is 9.78. The number of likely N-dealkylation sites (N-methyl/N-ethyl adjacent to an activating group) is 1. The van der Waals surface area contributed by atoms with Crippen LogP contribution in [0.25, 0.3) is 11.3 Å². The molecule has 2 amide bonds. The minimum atomic E-state index is -0.568. The van der Waals surface area contributed by atoms with E-state index in [1.54, 1.807) is 43.4 Å². The van der Waals surface area contributed by atoms with Crippen LogP contribution in [0.2, 0.25) is 0 Å². The van der Waals surface area contributed by atoms with Crippen LogP contribution in [0.1, 0.15) is 49.1 Å². The summed E-state index contributed by atoms with van der Waals surface area (Å²) in [6.07, 6.45) is 6.46. The smallest absolute Gasteiger partial charge is 0.287 e. The summed E-state index contributed by atoms with van der Waals surface area (Å²) in [5.74, 6) is 0.563. The third-order valence-corrected chi connectivity index (χ3v) is 5.32. The lowest BCUT2D eigenvalue weighted by molar-refractivity contribution is -0.497. The molecular weight excluding hydrogens is 358 g/mol. The van der Waals surface area contributed by atoms with Gasteiger partial charge in [-0.1, -0.05) is 32.1 Å². The molecule has 1 aromatic heterocycles. The molecule has 0 bridgehead atoms. The minimum absolute atomic E-state index is 0.159. The van der Waals surface area contributed by atoms with Crippen molar-refractivity contribution >= 4 is 17.5 Å². The van der Waals surface area contributed by atoms with Crippen molar-refractivity contribution in [3.05, 3.63) is 47.4 Å². The molecule has 7 heteroatoms. The van der Waals surface area contributed by atoms with E-state index in [1.807, 2.05) is 0 Å². The van der Waals surface area contributed by atoms with Crippen LogP contribution < -0.4 is 16.1 Å². The second-order valence-electron chi connectivity index (χ2n) is 7.28. The number of carbonyl (C=O) groups is 2. The van der Waals surface area contributed by atoms with E-state index in [-0.39, 0.29) is 11.7 Å². The van der Waals surface area contributed by atoms with Crippen LogP contribution in [0.3, 0.4) is 0 Å². The van der Waals surface area contributed by atoms with Crippen LogP contribution in [-0.4, -0.2) is 24.9 Å². The van der Waals surface area contributed by atoms with Crippen LogP contribution in [0.15, 0.2) is 40.8 Å². The van der Waals surface area contributed by atoms with Gasteiger partial charge >= 0.3 is 0 Å². The van der Waals surface area contributed by atoms with Crippen molar-refractivity contribution in [2.24, 2.45) is 5.92 Å². The third kappa shape index (κ3) is 4.99. The Balaban J connectivity index is 1.67. The molecule has 7 nitrogen and oxygen atoms in total. The Morgan fingerprint density at radius 2 is 1.86 bits per heavy atom. The Morgan fingerprint density at radius 3 is 2.50 bits per heavy atom. The number of quaternary nitrogens is 1. The van der Waals surface area contributed by atoms with Crippen LogP contribution in [-0.2, 0) is 4.79 Å². The predicted octanol–water partition coefficient (Wildman–Crippen LogP) is 2.45. The first kappa shape index (κ1) is 20.1. The molecule has 0 radical (unpaired) electrons. The maximum absolute atomic E-state index is 12.6. The standard InChI is InChI=1S/C21H27N3O4/c1-22-20(25)17(13-14-5-3-2-4-6-14)23-21(26)19-12-11-18(28-19)15-7-9-16(24-27)10-8-15/h7-12,14,17H,2-6,13,24H2,1H3,(H,22,25)(H,23,26)/t17-/m0/s1. The number of furan rings is 1. The Hall–Kier alpha value is -2.64. The van der Waals surface area contributed by atoms with E-state index in [0.717, 1.165) is 23.9 Å². The molecule has 1 aliphatic rings. The summed E-state index contributed by atoms with van der Waals surface area (Å²) in [5, 5.41) is 16.2. The summed E-state index contributed by atoms with van der Waals surface area (Å²) in [4.78, 5) is 24.9. The zero-order valence-electron chi connectivity index (χ0n) is 16.1. The van der Waals surface area contributed by atoms with Gasteiger partial charge in [0.15, 0.2) is 5.76 Å². The van der Waals surface area contributed by atoms with Gasteiger partial charge in [-0.2, -0.15) is 0 Å². The normalized spacial score (nSPS) is 15.8. The molecule has 0 saturated heterocycles. The Labute approximate surface area is 164 Å². The van der Waals surface area contributed by atoms with E-state index in [1.165, 1.54) is 19.3 Å². The lowest BCUT2D eigenvalue weighted by atomic mass is 9.84. The number of nitrogens with two attached hydrogens (primary N) is 1. The highest BCUT2D eigenvalue weighted by atomic mass is 16.5. The number of hydrogen-bond acceptors (Lipinski definition) is 4. The van der Waals surface area contributed by atoms with E-state index in [2.05, 4.69) is 10.6 Å². The summed E-state index contributed by atoms with van der Waals surface area (Å²) in [7, 11) is 1.58. The van der Waals surface area contributed by atoms with Gasteiger partial charge in [0.25, 0.3) is 5.91 Å². The molecule has 1 fully saturated rings. The van der Waals surface area contributed by atoms with Gasteiger partial charge in [-0.25, -0.2) is 0 Å². The molecule has 1 saturated carbocycles. The van der Waals surface area contributed by atoms with Crippen molar-refractivity contribution in [2.75, 3.05) is 7.05 Å². The third-order valence-electron chi connectivity index (χ3n) is 5.32. The van der Waals surface area contributed by atoms with E-state index < -0.39 is 11.9 Å². The molecule has 0 unspecified atom stereocenters. The lowest BCUT2D eigenvalue weighted by Crippen LogP contribution is -2.70. The molecule has 0 spiro atoms. The van der Waals surface area contributed by atoms with Crippen molar-refractivity contribution in [2.45, 2.75) is 44.6 Å². The molecule has 1 heterocycles. The highest BCUT2D eigenvalue weighted by molar-refractivity contribution is 5.95. The number of benzene rings is 1. The Morgan fingerprint density at radius 1 is 1.14 bits per heavy atom. The van der Waals surface area contributed by atoms with Crippen molar-refractivity contribution in [3.63, 3.8) is 0 Å². The van der Waals surface area contributed by atoms with E-state index >= 15 is 0 Å². The van der Waals surface area contributed by atoms with Gasteiger partial charge in [-0.05, 0) is 48.7 Å². The van der Waals surface area contributed by atoms with Gasteiger partial charge in [0.2, 0.25) is 5.91 Å². The molecule has 3 rings (SSSR count). The lowest BCUT2D eigenvalue weighted by Gasteiger charge is -2.26. The van der Waals surface area contributed by atoms with Crippen molar-refractivity contribution < 1.29 is 19.5 Å². The summed E-state index contributed by atoms with van der Waals surface area (Å²) < 4.78 is 5.68. The van der Waals surface area contributed by atoms with E-state index in [4.69, 9.17) is 4.42 Å².